The van der Waals surface area contributed by atoms with E-state index in [-0.39, 0.29) is 23.7 Å². The van der Waals surface area contributed by atoms with Crippen molar-refractivity contribution in [3.63, 3.8) is 0 Å². The molecule has 2 aliphatic carbocycles. The van der Waals surface area contributed by atoms with Gasteiger partial charge in [-0.2, -0.15) is 4.98 Å². The van der Waals surface area contributed by atoms with Crippen molar-refractivity contribution < 1.29 is 9.26 Å². The van der Waals surface area contributed by atoms with Crippen LogP contribution in [0.15, 0.2) is 33.7 Å². The van der Waals surface area contributed by atoms with Gasteiger partial charge in [0.25, 0.3) is 0 Å². The molecule has 0 aromatic carbocycles. The Morgan fingerprint density at radius 1 is 1.12 bits per heavy atom. The van der Waals surface area contributed by atoms with Gasteiger partial charge in [0.1, 0.15) is 5.52 Å². The van der Waals surface area contributed by atoms with Crippen molar-refractivity contribution in [1.29, 1.82) is 0 Å². The third-order valence-electron chi connectivity index (χ3n) is 9.45. The molecule has 12 nitrogen and oxygen atoms in total. The molecule has 0 unspecified atom stereocenters. The quantitative estimate of drug-likeness (QED) is 0.308. The summed E-state index contributed by atoms with van der Waals surface area (Å²) < 4.78 is 13.1. The Hall–Kier alpha value is -3.80. The zero-order valence-electron chi connectivity index (χ0n) is 24.3. The van der Waals surface area contributed by atoms with E-state index in [2.05, 4.69) is 43.8 Å². The molecule has 0 spiro atoms. The van der Waals surface area contributed by atoms with Gasteiger partial charge in [-0.25, -0.2) is 14.8 Å². The van der Waals surface area contributed by atoms with E-state index in [1.807, 2.05) is 24.4 Å². The highest BCUT2D eigenvalue weighted by atomic mass is 16.5. The minimum absolute atomic E-state index is 0.0773. The van der Waals surface area contributed by atoms with Gasteiger partial charge in [0.2, 0.25) is 17.6 Å². The number of fused-ring (bicyclic) bond motifs is 1. The Morgan fingerprint density at radius 2 is 1.98 bits per heavy atom. The summed E-state index contributed by atoms with van der Waals surface area (Å²) in [4.78, 5) is 36.4. The number of hydrogen-bond donors (Lipinski definition) is 2. The second-order valence-electron chi connectivity index (χ2n) is 12.3. The fraction of sp³-hybridized carbons (Fsp3) is 0.600. The van der Waals surface area contributed by atoms with Gasteiger partial charge in [-0.1, -0.05) is 37.4 Å². The molecule has 222 valence electrons. The average molecular weight is 574 g/mol. The molecule has 0 radical (unpaired) electrons. The summed E-state index contributed by atoms with van der Waals surface area (Å²) >= 11 is 0. The van der Waals surface area contributed by atoms with E-state index in [4.69, 9.17) is 24.2 Å². The number of nitrogens with one attached hydrogen (secondary N) is 2. The minimum Gasteiger partial charge on any atom is -0.377 e. The summed E-state index contributed by atoms with van der Waals surface area (Å²) in [6, 6.07) is 6.15. The summed E-state index contributed by atoms with van der Waals surface area (Å²) in [5.74, 6) is 3.29. The Kier molecular flexibility index (Phi) is 7.39. The van der Waals surface area contributed by atoms with Crippen LogP contribution in [-0.4, -0.2) is 60.4 Å². The van der Waals surface area contributed by atoms with Gasteiger partial charge in [-0.05, 0) is 62.5 Å². The molecular formula is C30H39N9O3. The van der Waals surface area contributed by atoms with E-state index in [9.17, 15) is 4.79 Å². The number of aromatic amines is 1. The number of imidazole rings is 1. The molecule has 1 saturated heterocycles. The maximum atomic E-state index is 11.8. The van der Waals surface area contributed by atoms with Crippen molar-refractivity contribution in [1.82, 2.24) is 34.6 Å². The number of rotatable bonds is 8. The maximum Gasteiger partial charge on any atom is 0.439 e. The normalized spacial score (nSPS) is 24.0. The zero-order chi connectivity index (χ0) is 28.6. The van der Waals surface area contributed by atoms with Crippen LogP contribution in [0.3, 0.4) is 0 Å². The Bertz CT molecular complexity index is 1570. The van der Waals surface area contributed by atoms with Gasteiger partial charge in [0, 0.05) is 25.3 Å². The van der Waals surface area contributed by atoms with Crippen LogP contribution in [0.1, 0.15) is 70.5 Å². The van der Waals surface area contributed by atoms with Crippen LogP contribution in [0, 0.1) is 17.8 Å². The van der Waals surface area contributed by atoms with Crippen molar-refractivity contribution in [2.24, 2.45) is 17.8 Å². The molecule has 3 aliphatic rings. The summed E-state index contributed by atoms with van der Waals surface area (Å²) in [6.45, 7) is 7.23. The lowest BCUT2D eigenvalue weighted by atomic mass is 9.80. The lowest BCUT2D eigenvalue weighted by molar-refractivity contribution is 0.0916. The third kappa shape index (κ3) is 5.28. The fourth-order valence-electron chi connectivity index (χ4n) is 6.65. The van der Waals surface area contributed by atoms with Gasteiger partial charge >= 0.3 is 5.76 Å². The first-order valence-electron chi connectivity index (χ1n) is 15.4. The molecule has 5 heterocycles. The Balaban J connectivity index is 1.38. The third-order valence-corrected chi connectivity index (χ3v) is 9.45. The van der Waals surface area contributed by atoms with E-state index in [0.29, 0.717) is 43.1 Å². The lowest BCUT2D eigenvalue weighted by Gasteiger charge is -2.37. The van der Waals surface area contributed by atoms with Gasteiger partial charge in [-0.15, -0.1) is 0 Å². The number of pyridine rings is 1. The molecule has 0 amide bonds. The molecule has 0 bridgehead atoms. The number of hydrogen-bond acceptors (Lipinski definition) is 10. The molecule has 2 N–H and O–H groups in total. The smallest absolute Gasteiger partial charge is 0.377 e. The highest BCUT2D eigenvalue weighted by molar-refractivity contribution is 5.87. The lowest BCUT2D eigenvalue weighted by Crippen LogP contribution is -2.41. The largest absolute Gasteiger partial charge is 0.439 e. The summed E-state index contributed by atoms with van der Waals surface area (Å²) in [7, 11) is 0. The van der Waals surface area contributed by atoms with Crippen molar-refractivity contribution in [2.75, 3.05) is 30.0 Å². The molecule has 2 atom stereocenters. The molecule has 1 aliphatic heterocycles. The van der Waals surface area contributed by atoms with Crippen molar-refractivity contribution >= 4 is 22.9 Å². The number of ether oxygens (including phenoxy) is 1. The van der Waals surface area contributed by atoms with Crippen LogP contribution in [0.5, 0.6) is 0 Å². The first-order chi connectivity index (χ1) is 20.5. The first-order valence-corrected chi connectivity index (χ1v) is 15.4. The van der Waals surface area contributed by atoms with Crippen LogP contribution in [0.2, 0.25) is 0 Å². The highest BCUT2D eigenvalue weighted by Crippen LogP contribution is 2.38. The second kappa shape index (κ2) is 11.5. The van der Waals surface area contributed by atoms with E-state index < -0.39 is 5.76 Å². The first kappa shape index (κ1) is 27.1. The van der Waals surface area contributed by atoms with Crippen LogP contribution in [0.25, 0.3) is 22.8 Å². The van der Waals surface area contributed by atoms with Gasteiger partial charge < -0.3 is 19.5 Å². The summed E-state index contributed by atoms with van der Waals surface area (Å²) in [5, 5.41) is 7.61. The van der Waals surface area contributed by atoms with E-state index in [1.165, 1.54) is 44.9 Å². The monoisotopic (exact) mass is 573 g/mol. The van der Waals surface area contributed by atoms with Crippen LogP contribution in [0.4, 0.5) is 11.8 Å². The van der Waals surface area contributed by atoms with E-state index >= 15 is 0 Å². The Labute approximate surface area is 244 Å². The molecular weight excluding hydrogens is 534 g/mol. The predicted molar refractivity (Wildman–Crippen MR) is 158 cm³/mol. The molecule has 4 aromatic rings. The van der Waals surface area contributed by atoms with Gasteiger partial charge in [-0.3, -0.25) is 14.5 Å². The molecule has 4 aromatic heterocycles. The van der Waals surface area contributed by atoms with E-state index in [0.717, 1.165) is 29.6 Å². The van der Waals surface area contributed by atoms with Gasteiger partial charge in [0.05, 0.1) is 24.9 Å². The number of aromatic nitrogens is 7. The second-order valence-corrected chi connectivity index (χ2v) is 12.3. The van der Waals surface area contributed by atoms with Gasteiger partial charge in [0.15, 0.2) is 11.5 Å². The number of morpholine rings is 1. The van der Waals surface area contributed by atoms with E-state index in [1.54, 1.807) is 0 Å². The fourth-order valence-corrected chi connectivity index (χ4v) is 6.65. The number of H-pyrrole nitrogens is 1. The van der Waals surface area contributed by atoms with Crippen molar-refractivity contribution in [2.45, 2.75) is 77.4 Å². The van der Waals surface area contributed by atoms with Crippen LogP contribution >= 0.6 is 0 Å². The number of anilines is 2. The maximum absolute atomic E-state index is 11.8. The topological polar surface area (TPSA) is 140 Å². The summed E-state index contributed by atoms with van der Waals surface area (Å²) in [6.07, 6.45) is 10.4. The van der Waals surface area contributed by atoms with Crippen molar-refractivity contribution in [3.8, 4) is 11.6 Å². The molecule has 3 fully saturated rings. The Morgan fingerprint density at radius 3 is 2.69 bits per heavy atom. The van der Waals surface area contributed by atoms with Crippen LogP contribution < -0.4 is 16.0 Å². The number of nitrogens with zero attached hydrogens (tertiary/aromatic N) is 7. The predicted octanol–water partition coefficient (Wildman–Crippen LogP) is 4.57. The van der Waals surface area contributed by atoms with Crippen LogP contribution in [-0.2, 0) is 11.3 Å². The molecule has 12 heteroatoms. The SMILES string of the molecule is C[C@@H](Nc1nc(-c2noc(=O)[nH]2)nc2nc(N3CCOC[C@H]3c3ccccn3)n(C[C@H]3CC[C@H](C)CC3)c12)C1CCC1. The highest BCUT2D eigenvalue weighted by Gasteiger charge is 2.33. The standard InChI is InChI=1S/C30H39N9O3/c1-18-9-11-20(12-10-18)16-39-24-25(32-19(2)21-6-5-7-21)33-27(28-36-30(40)42-37-28)34-26(24)35-29(39)38-14-15-41-17-23(38)22-8-3-4-13-31-22/h3-4,8,13,18-21,23H,5-7,9-12,14-17H2,1-2H3,(H,32,33,34)(H,36,37,40)/t18-,19-,20-,23+/m1/s1. The molecule has 7 rings (SSSR count). The molecule has 2 saturated carbocycles. The van der Waals surface area contributed by atoms with Crippen molar-refractivity contribution in [3.05, 3.63) is 40.6 Å². The average Bonchev–Trinajstić information content (AvgIpc) is 3.57. The zero-order valence-corrected chi connectivity index (χ0v) is 24.3. The molecule has 42 heavy (non-hydrogen) atoms. The summed E-state index contributed by atoms with van der Waals surface area (Å²) in [5.41, 5.74) is 2.40. The minimum atomic E-state index is -0.643.